The van der Waals surface area contributed by atoms with Crippen molar-refractivity contribution in [3.05, 3.63) is 17.5 Å². The molecule has 0 unspecified atom stereocenters. The van der Waals surface area contributed by atoms with Gasteiger partial charge in [0.15, 0.2) is 0 Å². The minimum Gasteiger partial charge on any atom is -0.302 e. The number of likely N-dealkylation sites (N-methyl/N-ethyl adjacent to an activating group) is 1. The molecule has 1 aliphatic carbocycles. The van der Waals surface area contributed by atoms with Gasteiger partial charge in [0, 0.05) is 18.1 Å². The van der Waals surface area contributed by atoms with Crippen molar-refractivity contribution >= 4 is 21.4 Å². The van der Waals surface area contributed by atoms with E-state index < -0.39 is 15.6 Å². The molecule has 1 aromatic rings. The maximum absolute atomic E-state index is 12.3. The molecule has 0 saturated heterocycles. The van der Waals surface area contributed by atoms with Crippen LogP contribution in [0.1, 0.15) is 46.0 Å². The summed E-state index contributed by atoms with van der Waals surface area (Å²) in [6, 6.07) is 4.00. The van der Waals surface area contributed by atoms with E-state index in [9.17, 15) is 8.42 Å². The molecular formula is C15H26N2O2S2. The summed E-state index contributed by atoms with van der Waals surface area (Å²) in [6.07, 6.45) is 6.36. The Kier molecular flexibility index (Phi) is 5.46. The van der Waals surface area contributed by atoms with Crippen LogP contribution < -0.4 is 4.72 Å². The fourth-order valence-electron chi connectivity index (χ4n) is 3.14. The molecular weight excluding hydrogens is 304 g/mol. The number of hydrogen-bond acceptors (Lipinski definition) is 4. The maximum Gasteiger partial charge on any atom is 0.250 e. The van der Waals surface area contributed by atoms with Gasteiger partial charge in [-0.15, -0.1) is 11.3 Å². The van der Waals surface area contributed by atoms with Crippen molar-refractivity contribution < 1.29 is 8.42 Å². The van der Waals surface area contributed by atoms with Gasteiger partial charge in [0.25, 0.3) is 10.0 Å². The van der Waals surface area contributed by atoms with Crippen LogP contribution in [0.15, 0.2) is 21.7 Å². The molecule has 120 valence electrons. The Morgan fingerprint density at radius 2 is 2.00 bits per heavy atom. The lowest BCUT2D eigenvalue weighted by molar-refractivity contribution is 0.158. The van der Waals surface area contributed by atoms with Crippen molar-refractivity contribution in [3.63, 3.8) is 0 Å². The normalized spacial score (nSPS) is 18.3. The average molecular weight is 331 g/mol. The van der Waals surface area contributed by atoms with E-state index in [1.165, 1.54) is 43.4 Å². The number of rotatable bonds is 6. The SMILES string of the molecule is CN(CC(C)(C)NS(=O)(=O)c1cccs1)C1CCCCC1. The van der Waals surface area contributed by atoms with Gasteiger partial charge in [-0.2, -0.15) is 0 Å². The van der Waals surface area contributed by atoms with Gasteiger partial charge in [-0.1, -0.05) is 25.3 Å². The zero-order valence-electron chi connectivity index (χ0n) is 13.1. The summed E-state index contributed by atoms with van der Waals surface area (Å²) in [5, 5.41) is 1.79. The summed E-state index contributed by atoms with van der Waals surface area (Å²) < 4.78 is 27.9. The van der Waals surface area contributed by atoms with Crippen molar-refractivity contribution in [1.82, 2.24) is 9.62 Å². The molecule has 2 rings (SSSR count). The van der Waals surface area contributed by atoms with Crippen LogP contribution in [0.5, 0.6) is 0 Å². The third-order valence-electron chi connectivity index (χ3n) is 4.01. The molecule has 1 aromatic heterocycles. The Hall–Kier alpha value is -0.430. The van der Waals surface area contributed by atoms with E-state index in [0.29, 0.717) is 10.3 Å². The van der Waals surface area contributed by atoms with Gasteiger partial charge in [0.1, 0.15) is 4.21 Å². The Bertz CT molecular complexity index is 532. The lowest BCUT2D eigenvalue weighted by Gasteiger charge is -2.37. The molecule has 0 bridgehead atoms. The zero-order chi connectivity index (χ0) is 15.5. The molecule has 0 aromatic carbocycles. The van der Waals surface area contributed by atoms with E-state index in [1.807, 2.05) is 13.8 Å². The van der Waals surface area contributed by atoms with Crippen molar-refractivity contribution in [3.8, 4) is 0 Å². The van der Waals surface area contributed by atoms with Gasteiger partial charge < -0.3 is 4.90 Å². The smallest absolute Gasteiger partial charge is 0.250 e. The predicted molar refractivity (Wildman–Crippen MR) is 88.2 cm³/mol. The van der Waals surface area contributed by atoms with Gasteiger partial charge in [-0.05, 0) is 45.2 Å². The van der Waals surface area contributed by atoms with Crippen molar-refractivity contribution in [2.75, 3.05) is 13.6 Å². The highest BCUT2D eigenvalue weighted by atomic mass is 32.2. The van der Waals surface area contributed by atoms with Crippen LogP contribution in [0.3, 0.4) is 0 Å². The lowest BCUT2D eigenvalue weighted by atomic mass is 9.93. The molecule has 0 atom stereocenters. The third-order valence-corrected chi connectivity index (χ3v) is 7.11. The second kappa shape index (κ2) is 6.77. The highest BCUT2D eigenvalue weighted by molar-refractivity contribution is 7.91. The molecule has 0 spiro atoms. The molecule has 1 saturated carbocycles. The molecule has 1 fully saturated rings. The zero-order valence-corrected chi connectivity index (χ0v) is 14.8. The molecule has 0 aliphatic heterocycles. The van der Waals surface area contributed by atoms with Crippen molar-refractivity contribution in [1.29, 1.82) is 0 Å². The van der Waals surface area contributed by atoms with E-state index in [1.54, 1.807) is 17.5 Å². The molecule has 1 aliphatic rings. The van der Waals surface area contributed by atoms with Crippen LogP contribution in [0.4, 0.5) is 0 Å². The first kappa shape index (κ1) is 16.9. The van der Waals surface area contributed by atoms with Gasteiger partial charge >= 0.3 is 0 Å². The van der Waals surface area contributed by atoms with Crippen LogP contribution in [0.2, 0.25) is 0 Å². The Morgan fingerprint density at radius 1 is 1.33 bits per heavy atom. The van der Waals surface area contributed by atoms with E-state index in [4.69, 9.17) is 0 Å². The van der Waals surface area contributed by atoms with Gasteiger partial charge in [0.2, 0.25) is 0 Å². The Morgan fingerprint density at radius 3 is 2.57 bits per heavy atom. The minimum atomic E-state index is -3.41. The van der Waals surface area contributed by atoms with E-state index in [0.717, 1.165) is 6.54 Å². The fraction of sp³-hybridized carbons (Fsp3) is 0.733. The molecule has 0 radical (unpaired) electrons. The van der Waals surface area contributed by atoms with E-state index in [-0.39, 0.29) is 0 Å². The van der Waals surface area contributed by atoms with Crippen LogP contribution in [0.25, 0.3) is 0 Å². The number of hydrogen-bond donors (Lipinski definition) is 1. The summed E-state index contributed by atoms with van der Waals surface area (Å²) >= 11 is 1.25. The summed E-state index contributed by atoms with van der Waals surface area (Å²) in [6.45, 7) is 4.64. The van der Waals surface area contributed by atoms with Crippen molar-refractivity contribution in [2.45, 2.75) is 61.7 Å². The number of thiophene rings is 1. The summed E-state index contributed by atoms with van der Waals surface area (Å²) in [4.78, 5) is 2.32. The molecule has 21 heavy (non-hydrogen) atoms. The molecule has 0 amide bonds. The van der Waals surface area contributed by atoms with Crippen LogP contribution in [0, 0.1) is 0 Å². The van der Waals surface area contributed by atoms with Gasteiger partial charge in [-0.25, -0.2) is 13.1 Å². The summed E-state index contributed by atoms with van der Waals surface area (Å²) in [5.74, 6) is 0. The number of nitrogens with zero attached hydrogens (tertiary/aromatic N) is 1. The Labute approximate surface area is 132 Å². The van der Waals surface area contributed by atoms with Gasteiger partial charge in [0.05, 0.1) is 0 Å². The quantitative estimate of drug-likeness (QED) is 0.872. The number of sulfonamides is 1. The van der Waals surface area contributed by atoms with E-state index in [2.05, 4.69) is 16.7 Å². The largest absolute Gasteiger partial charge is 0.302 e. The molecule has 1 N–H and O–H groups in total. The highest BCUT2D eigenvalue weighted by Crippen LogP contribution is 2.24. The predicted octanol–water partition coefficient (Wildman–Crippen LogP) is 3.07. The second-order valence-electron chi connectivity index (χ2n) is 6.63. The average Bonchev–Trinajstić information content (AvgIpc) is 2.92. The lowest BCUT2D eigenvalue weighted by Crippen LogP contribution is -2.52. The third kappa shape index (κ3) is 4.77. The summed E-state index contributed by atoms with van der Waals surface area (Å²) in [5.41, 5.74) is -0.477. The van der Waals surface area contributed by atoms with Crippen LogP contribution in [-0.2, 0) is 10.0 Å². The summed E-state index contributed by atoms with van der Waals surface area (Å²) in [7, 11) is -1.30. The number of nitrogens with one attached hydrogen (secondary N) is 1. The topological polar surface area (TPSA) is 49.4 Å². The minimum absolute atomic E-state index is 0.385. The fourth-order valence-corrected chi connectivity index (χ4v) is 5.53. The first-order chi connectivity index (χ1) is 9.80. The Balaban J connectivity index is 1.98. The van der Waals surface area contributed by atoms with Crippen LogP contribution >= 0.6 is 11.3 Å². The molecule has 1 heterocycles. The molecule has 6 heteroatoms. The van der Waals surface area contributed by atoms with Crippen LogP contribution in [-0.4, -0.2) is 38.5 Å². The maximum atomic E-state index is 12.3. The molecule has 4 nitrogen and oxygen atoms in total. The standard InChI is InChI=1S/C15H26N2O2S2/c1-15(2,12-17(3)13-8-5-4-6-9-13)16-21(18,19)14-10-7-11-20-14/h7,10-11,13,16H,4-6,8-9,12H2,1-3H3. The first-order valence-electron chi connectivity index (χ1n) is 7.58. The second-order valence-corrected chi connectivity index (χ2v) is 9.49. The monoisotopic (exact) mass is 330 g/mol. The van der Waals surface area contributed by atoms with Gasteiger partial charge in [-0.3, -0.25) is 0 Å². The van der Waals surface area contributed by atoms with Crippen molar-refractivity contribution in [2.24, 2.45) is 0 Å². The van der Waals surface area contributed by atoms with E-state index >= 15 is 0 Å². The highest BCUT2D eigenvalue weighted by Gasteiger charge is 2.30. The first-order valence-corrected chi connectivity index (χ1v) is 9.94.